The summed E-state index contributed by atoms with van der Waals surface area (Å²) in [5.74, 6) is 0.109. The van der Waals surface area contributed by atoms with Crippen LogP contribution in [-0.4, -0.2) is 18.6 Å². The highest BCUT2D eigenvalue weighted by molar-refractivity contribution is 6.31. The zero-order valence-electron chi connectivity index (χ0n) is 10.4. The molecule has 0 aliphatic heterocycles. The largest absolute Gasteiger partial charge is 0.482 e. The summed E-state index contributed by atoms with van der Waals surface area (Å²) in [6.07, 6.45) is 0.854. The second-order valence-electron chi connectivity index (χ2n) is 3.89. The van der Waals surface area contributed by atoms with Crippen LogP contribution in [0.5, 0.6) is 5.75 Å². The number of halogens is 1. The van der Waals surface area contributed by atoms with Crippen molar-refractivity contribution in [1.29, 1.82) is 5.26 Å². The lowest BCUT2D eigenvalue weighted by molar-refractivity contribution is -0.123. The number of amides is 1. The first-order chi connectivity index (χ1) is 8.58. The van der Waals surface area contributed by atoms with Gasteiger partial charge in [-0.2, -0.15) is 5.26 Å². The maximum absolute atomic E-state index is 11.5. The van der Waals surface area contributed by atoms with Crippen molar-refractivity contribution in [2.24, 2.45) is 0 Å². The van der Waals surface area contributed by atoms with Gasteiger partial charge in [0.15, 0.2) is 6.61 Å². The molecular formula is C13H15ClN2O2. The molecule has 18 heavy (non-hydrogen) atoms. The maximum Gasteiger partial charge on any atom is 0.258 e. The first kappa shape index (κ1) is 14.3. The molecule has 1 aromatic carbocycles. The van der Waals surface area contributed by atoms with Crippen LogP contribution in [0, 0.1) is 11.3 Å². The molecule has 0 saturated carbocycles. The molecule has 0 radical (unpaired) electrons. The SMILES string of the molecule is CCC(C)NC(=O)COc1cccc(Cl)c1C#N. The quantitative estimate of drug-likeness (QED) is 0.891. The van der Waals surface area contributed by atoms with Gasteiger partial charge in [-0.05, 0) is 25.5 Å². The van der Waals surface area contributed by atoms with Crippen molar-refractivity contribution >= 4 is 17.5 Å². The lowest BCUT2D eigenvalue weighted by Gasteiger charge is -2.12. The molecule has 5 heteroatoms. The molecule has 0 spiro atoms. The van der Waals surface area contributed by atoms with Crippen LogP contribution in [0.3, 0.4) is 0 Å². The molecular weight excluding hydrogens is 252 g/mol. The van der Waals surface area contributed by atoms with Crippen molar-refractivity contribution in [2.45, 2.75) is 26.3 Å². The van der Waals surface area contributed by atoms with Gasteiger partial charge in [-0.15, -0.1) is 0 Å². The molecule has 1 amide bonds. The van der Waals surface area contributed by atoms with Gasteiger partial charge < -0.3 is 10.1 Å². The highest BCUT2D eigenvalue weighted by Gasteiger charge is 2.10. The first-order valence-electron chi connectivity index (χ1n) is 5.69. The summed E-state index contributed by atoms with van der Waals surface area (Å²) in [5.41, 5.74) is 0.246. The normalized spacial score (nSPS) is 11.4. The van der Waals surface area contributed by atoms with E-state index in [0.29, 0.717) is 10.8 Å². The molecule has 0 heterocycles. The maximum atomic E-state index is 11.5. The fraction of sp³-hybridized carbons (Fsp3) is 0.385. The smallest absolute Gasteiger partial charge is 0.258 e. The van der Waals surface area contributed by atoms with Crippen LogP contribution in [0.1, 0.15) is 25.8 Å². The van der Waals surface area contributed by atoms with Crippen molar-refractivity contribution in [3.05, 3.63) is 28.8 Å². The van der Waals surface area contributed by atoms with Crippen molar-refractivity contribution < 1.29 is 9.53 Å². The molecule has 0 bridgehead atoms. The minimum absolute atomic E-state index is 0.107. The Labute approximate surface area is 112 Å². The van der Waals surface area contributed by atoms with Gasteiger partial charge >= 0.3 is 0 Å². The van der Waals surface area contributed by atoms with Crippen molar-refractivity contribution in [1.82, 2.24) is 5.32 Å². The van der Waals surface area contributed by atoms with Crippen LogP contribution in [0.4, 0.5) is 0 Å². The molecule has 1 N–H and O–H groups in total. The van der Waals surface area contributed by atoms with Crippen LogP contribution < -0.4 is 10.1 Å². The fourth-order valence-corrected chi connectivity index (χ4v) is 1.50. The summed E-state index contributed by atoms with van der Waals surface area (Å²) in [5, 5.41) is 12.0. The van der Waals surface area contributed by atoms with Crippen molar-refractivity contribution in [3.8, 4) is 11.8 Å². The third-order valence-electron chi connectivity index (χ3n) is 2.47. The number of nitrogens with one attached hydrogen (secondary N) is 1. The van der Waals surface area contributed by atoms with E-state index >= 15 is 0 Å². The second-order valence-corrected chi connectivity index (χ2v) is 4.30. The number of nitrogens with zero attached hydrogens (tertiary/aromatic N) is 1. The van der Waals surface area contributed by atoms with Gasteiger partial charge in [-0.3, -0.25) is 4.79 Å². The molecule has 96 valence electrons. The summed E-state index contributed by atoms with van der Waals surface area (Å²) in [7, 11) is 0. The first-order valence-corrected chi connectivity index (χ1v) is 6.07. The predicted molar refractivity (Wildman–Crippen MR) is 69.6 cm³/mol. The van der Waals surface area contributed by atoms with Crippen LogP contribution >= 0.6 is 11.6 Å². The van der Waals surface area contributed by atoms with Crippen molar-refractivity contribution in [3.63, 3.8) is 0 Å². The van der Waals surface area contributed by atoms with E-state index in [1.165, 1.54) is 0 Å². The minimum Gasteiger partial charge on any atom is -0.482 e. The monoisotopic (exact) mass is 266 g/mol. The standard InChI is InChI=1S/C13H15ClN2O2/c1-3-9(2)16-13(17)8-18-12-6-4-5-11(14)10(12)7-15/h4-6,9H,3,8H2,1-2H3,(H,16,17). The molecule has 0 aromatic heterocycles. The Kier molecular flexibility index (Phi) is 5.47. The summed E-state index contributed by atoms with van der Waals surface area (Å²) in [6.45, 7) is 3.77. The molecule has 0 fully saturated rings. The van der Waals surface area contributed by atoms with E-state index in [0.717, 1.165) is 6.42 Å². The van der Waals surface area contributed by atoms with Gasteiger partial charge in [0, 0.05) is 6.04 Å². The lowest BCUT2D eigenvalue weighted by atomic mass is 10.2. The summed E-state index contributed by atoms with van der Waals surface area (Å²) in [4.78, 5) is 11.5. The third-order valence-corrected chi connectivity index (χ3v) is 2.78. The Morgan fingerprint density at radius 3 is 2.94 bits per heavy atom. The average molecular weight is 267 g/mol. The van der Waals surface area contributed by atoms with Gasteiger partial charge in [-0.25, -0.2) is 0 Å². The molecule has 0 aliphatic rings. The number of hydrogen-bond donors (Lipinski definition) is 1. The summed E-state index contributed by atoms with van der Waals surface area (Å²) in [6, 6.07) is 6.95. The van der Waals surface area contributed by atoms with E-state index in [4.69, 9.17) is 21.6 Å². The zero-order valence-corrected chi connectivity index (χ0v) is 11.1. The van der Waals surface area contributed by atoms with E-state index in [1.54, 1.807) is 18.2 Å². The molecule has 0 aliphatic carbocycles. The molecule has 1 aromatic rings. The van der Waals surface area contributed by atoms with E-state index in [9.17, 15) is 4.79 Å². The Balaban J connectivity index is 2.62. The highest BCUT2D eigenvalue weighted by Crippen LogP contribution is 2.25. The predicted octanol–water partition coefficient (Wildman–Crippen LogP) is 2.51. The molecule has 1 rings (SSSR count). The number of nitriles is 1. The number of carbonyl (C=O) groups is 1. The topological polar surface area (TPSA) is 62.1 Å². The van der Waals surface area contributed by atoms with Gasteiger partial charge in [0.2, 0.25) is 0 Å². The molecule has 4 nitrogen and oxygen atoms in total. The molecule has 0 saturated heterocycles. The van der Waals surface area contributed by atoms with E-state index in [-0.39, 0.29) is 24.1 Å². The Hall–Kier alpha value is -1.73. The van der Waals surface area contributed by atoms with Crippen LogP contribution in [0.25, 0.3) is 0 Å². The van der Waals surface area contributed by atoms with E-state index in [1.807, 2.05) is 19.9 Å². The van der Waals surface area contributed by atoms with E-state index in [2.05, 4.69) is 5.32 Å². The van der Waals surface area contributed by atoms with Crippen LogP contribution in [-0.2, 0) is 4.79 Å². The average Bonchev–Trinajstić information content (AvgIpc) is 2.36. The fourth-order valence-electron chi connectivity index (χ4n) is 1.29. The van der Waals surface area contributed by atoms with Gasteiger partial charge in [0.25, 0.3) is 5.91 Å². The van der Waals surface area contributed by atoms with Crippen LogP contribution in [0.2, 0.25) is 5.02 Å². The summed E-state index contributed by atoms with van der Waals surface area (Å²) < 4.78 is 5.30. The summed E-state index contributed by atoms with van der Waals surface area (Å²) >= 11 is 5.85. The minimum atomic E-state index is -0.215. The van der Waals surface area contributed by atoms with E-state index < -0.39 is 0 Å². The van der Waals surface area contributed by atoms with Crippen molar-refractivity contribution in [2.75, 3.05) is 6.61 Å². The highest BCUT2D eigenvalue weighted by atomic mass is 35.5. The second kappa shape index (κ2) is 6.87. The molecule has 1 unspecified atom stereocenters. The lowest BCUT2D eigenvalue weighted by Crippen LogP contribution is -2.35. The van der Waals surface area contributed by atoms with Crippen LogP contribution in [0.15, 0.2) is 18.2 Å². The Morgan fingerprint density at radius 2 is 2.33 bits per heavy atom. The number of hydrogen-bond acceptors (Lipinski definition) is 3. The van der Waals surface area contributed by atoms with Gasteiger partial charge in [0.05, 0.1) is 5.02 Å². The number of ether oxygens (including phenoxy) is 1. The van der Waals surface area contributed by atoms with Gasteiger partial charge in [-0.1, -0.05) is 24.6 Å². The Bertz CT molecular complexity index is 469. The van der Waals surface area contributed by atoms with Gasteiger partial charge in [0.1, 0.15) is 17.4 Å². The number of benzene rings is 1. The Morgan fingerprint density at radius 1 is 1.61 bits per heavy atom. The molecule has 1 atom stereocenters. The zero-order chi connectivity index (χ0) is 13.5. The third kappa shape index (κ3) is 3.94. The number of carbonyl (C=O) groups excluding carboxylic acids is 1. The number of rotatable bonds is 5.